The lowest BCUT2D eigenvalue weighted by Gasteiger charge is -2.32. The molecule has 126 valence electrons. The number of likely N-dealkylation sites (tertiary alicyclic amines) is 1. The molecule has 0 bridgehead atoms. The molecule has 1 saturated heterocycles. The molecule has 5 heteroatoms. The van der Waals surface area contributed by atoms with E-state index in [1.807, 2.05) is 36.1 Å². The molecule has 0 aliphatic carbocycles. The van der Waals surface area contributed by atoms with E-state index < -0.39 is 0 Å². The Morgan fingerprint density at radius 3 is 2.43 bits per heavy atom. The van der Waals surface area contributed by atoms with Gasteiger partial charge < -0.3 is 10.2 Å². The van der Waals surface area contributed by atoms with Crippen LogP contribution in [0.25, 0.3) is 0 Å². The molecule has 23 heavy (non-hydrogen) atoms. The number of nitrogens with one attached hydrogen (secondary N) is 1. The second kappa shape index (κ2) is 8.13. The second-order valence-electron chi connectivity index (χ2n) is 6.62. The first-order valence-corrected chi connectivity index (χ1v) is 9.31. The van der Waals surface area contributed by atoms with Crippen molar-refractivity contribution >= 4 is 34.4 Å². The molecule has 1 aliphatic heterocycles. The van der Waals surface area contributed by atoms with Crippen molar-refractivity contribution in [1.82, 2.24) is 10.2 Å². The smallest absolute Gasteiger partial charge is 0.253 e. The predicted molar refractivity (Wildman–Crippen MR) is 100 cm³/mol. The minimum atomic E-state index is 0.0242. The molecule has 0 saturated carbocycles. The van der Waals surface area contributed by atoms with Gasteiger partial charge in [-0.3, -0.25) is 9.59 Å². The Morgan fingerprint density at radius 1 is 1.22 bits per heavy atom. The fourth-order valence-electron chi connectivity index (χ4n) is 2.66. The van der Waals surface area contributed by atoms with Gasteiger partial charge in [-0.15, -0.1) is 0 Å². The molecule has 1 atom stereocenters. The highest BCUT2D eigenvalue weighted by Gasteiger charge is 2.28. The number of piperidine rings is 1. The van der Waals surface area contributed by atoms with Crippen LogP contribution in [0.1, 0.15) is 44.0 Å². The average Bonchev–Trinajstić information content (AvgIpc) is 2.54. The van der Waals surface area contributed by atoms with Crippen LogP contribution in [0.2, 0.25) is 0 Å². The van der Waals surface area contributed by atoms with E-state index in [-0.39, 0.29) is 23.8 Å². The van der Waals surface area contributed by atoms with E-state index in [9.17, 15) is 9.59 Å². The van der Waals surface area contributed by atoms with E-state index >= 15 is 0 Å². The quantitative estimate of drug-likeness (QED) is 0.749. The molecule has 1 aromatic rings. The third kappa shape index (κ3) is 4.93. The van der Waals surface area contributed by atoms with Gasteiger partial charge in [-0.05, 0) is 66.5 Å². The highest BCUT2D eigenvalue weighted by Crippen LogP contribution is 2.20. The van der Waals surface area contributed by atoms with E-state index in [1.54, 1.807) is 0 Å². The largest absolute Gasteiger partial charge is 0.353 e. The van der Waals surface area contributed by atoms with Crippen molar-refractivity contribution in [3.8, 4) is 0 Å². The lowest BCUT2D eigenvalue weighted by Crippen LogP contribution is -2.45. The molecule has 1 unspecified atom stereocenters. The number of halogens is 1. The summed E-state index contributed by atoms with van der Waals surface area (Å²) in [7, 11) is 0. The van der Waals surface area contributed by atoms with Gasteiger partial charge in [0, 0.05) is 34.2 Å². The van der Waals surface area contributed by atoms with Gasteiger partial charge in [0.1, 0.15) is 0 Å². The molecule has 1 N–H and O–H groups in total. The van der Waals surface area contributed by atoms with Gasteiger partial charge in [0.05, 0.1) is 0 Å². The minimum absolute atomic E-state index is 0.0242. The Labute approximate surface area is 152 Å². The van der Waals surface area contributed by atoms with Crippen LogP contribution in [0, 0.1) is 15.4 Å². The van der Waals surface area contributed by atoms with Gasteiger partial charge in [0.15, 0.2) is 0 Å². The van der Waals surface area contributed by atoms with Crippen LogP contribution < -0.4 is 5.32 Å². The van der Waals surface area contributed by atoms with Crippen LogP contribution in [0.5, 0.6) is 0 Å². The standard InChI is InChI=1S/C18H25IN2O2/c1-12(2)13(3)20-17(22)14-7-9-21(10-8-14)18(23)15-5-4-6-16(19)11-15/h4-6,11-14H,7-10H2,1-3H3,(H,20,22). The molecule has 1 fully saturated rings. The molecule has 1 aromatic carbocycles. The molecule has 0 radical (unpaired) electrons. The summed E-state index contributed by atoms with van der Waals surface area (Å²) < 4.78 is 1.06. The molecular formula is C18H25IN2O2. The number of carbonyl (C=O) groups is 2. The summed E-state index contributed by atoms with van der Waals surface area (Å²) in [5.74, 6) is 0.655. The summed E-state index contributed by atoms with van der Waals surface area (Å²) in [6, 6.07) is 7.83. The first-order valence-electron chi connectivity index (χ1n) is 8.23. The number of nitrogens with zero attached hydrogens (tertiary/aromatic N) is 1. The van der Waals surface area contributed by atoms with Crippen molar-refractivity contribution in [2.24, 2.45) is 11.8 Å². The first-order chi connectivity index (χ1) is 10.9. The molecule has 2 rings (SSSR count). The summed E-state index contributed by atoms with van der Waals surface area (Å²) >= 11 is 2.21. The number of rotatable bonds is 4. The zero-order chi connectivity index (χ0) is 17.0. The van der Waals surface area contributed by atoms with E-state index in [0.29, 0.717) is 19.0 Å². The summed E-state index contributed by atoms with van der Waals surface area (Å²) in [6.07, 6.45) is 1.48. The van der Waals surface area contributed by atoms with Crippen LogP contribution >= 0.6 is 22.6 Å². The Hall–Kier alpha value is -1.11. The maximum atomic E-state index is 12.5. The number of benzene rings is 1. The highest BCUT2D eigenvalue weighted by molar-refractivity contribution is 14.1. The number of hydrogen-bond acceptors (Lipinski definition) is 2. The molecule has 0 aromatic heterocycles. The van der Waals surface area contributed by atoms with Crippen molar-refractivity contribution in [2.75, 3.05) is 13.1 Å². The van der Waals surface area contributed by atoms with Crippen molar-refractivity contribution < 1.29 is 9.59 Å². The molecule has 0 spiro atoms. The summed E-state index contributed by atoms with van der Waals surface area (Å²) in [5, 5.41) is 3.09. The average molecular weight is 428 g/mol. The normalized spacial score (nSPS) is 17.2. The molecule has 2 amide bonds. The monoisotopic (exact) mass is 428 g/mol. The fourth-order valence-corrected chi connectivity index (χ4v) is 3.20. The second-order valence-corrected chi connectivity index (χ2v) is 7.86. The predicted octanol–water partition coefficient (Wildman–Crippen LogP) is 3.30. The van der Waals surface area contributed by atoms with Crippen molar-refractivity contribution in [3.05, 3.63) is 33.4 Å². The van der Waals surface area contributed by atoms with Crippen LogP contribution in [0.15, 0.2) is 24.3 Å². The zero-order valence-electron chi connectivity index (χ0n) is 14.0. The lowest BCUT2D eigenvalue weighted by molar-refractivity contribution is -0.127. The molecule has 1 aliphatic rings. The number of carbonyl (C=O) groups excluding carboxylic acids is 2. The van der Waals surface area contributed by atoms with Crippen molar-refractivity contribution in [1.29, 1.82) is 0 Å². The van der Waals surface area contributed by atoms with E-state index in [1.165, 1.54) is 0 Å². The summed E-state index contributed by atoms with van der Waals surface area (Å²) in [6.45, 7) is 7.55. The Morgan fingerprint density at radius 2 is 1.87 bits per heavy atom. The van der Waals surface area contributed by atoms with E-state index in [2.05, 4.69) is 41.8 Å². The highest BCUT2D eigenvalue weighted by atomic mass is 127. The zero-order valence-corrected chi connectivity index (χ0v) is 16.2. The van der Waals surface area contributed by atoms with Gasteiger partial charge in [-0.1, -0.05) is 19.9 Å². The summed E-state index contributed by atoms with van der Waals surface area (Å²) in [5.41, 5.74) is 0.730. The van der Waals surface area contributed by atoms with Gasteiger partial charge in [-0.25, -0.2) is 0 Å². The Kier molecular flexibility index (Phi) is 6.44. The van der Waals surface area contributed by atoms with E-state index in [0.717, 1.165) is 22.0 Å². The third-order valence-electron chi connectivity index (χ3n) is 4.59. The number of hydrogen-bond donors (Lipinski definition) is 1. The Balaban J connectivity index is 1.88. The van der Waals surface area contributed by atoms with Gasteiger partial charge in [0.25, 0.3) is 5.91 Å². The fraction of sp³-hybridized carbons (Fsp3) is 0.556. The number of amides is 2. The summed E-state index contributed by atoms with van der Waals surface area (Å²) in [4.78, 5) is 26.7. The third-order valence-corrected chi connectivity index (χ3v) is 5.27. The minimum Gasteiger partial charge on any atom is -0.353 e. The van der Waals surface area contributed by atoms with Gasteiger partial charge in [-0.2, -0.15) is 0 Å². The SMILES string of the molecule is CC(C)C(C)NC(=O)C1CCN(C(=O)c2cccc(I)c2)CC1. The topological polar surface area (TPSA) is 49.4 Å². The van der Waals surface area contributed by atoms with Crippen LogP contribution in [-0.4, -0.2) is 35.8 Å². The maximum Gasteiger partial charge on any atom is 0.253 e. The first kappa shape index (κ1) is 18.2. The lowest BCUT2D eigenvalue weighted by atomic mass is 9.94. The van der Waals surface area contributed by atoms with Gasteiger partial charge in [0.2, 0.25) is 5.91 Å². The molecule has 4 nitrogen and oxygen atoms in total. The van der Waals surface area contributed by atoms with Gasteiger partial charge >= 0.3 is 0 Å². The van der Waals surface area contributed by atoms with E-state index in [4.69, 9.17) is 0 Å². The Bertz CT molecular complexity index is 566. The molecule has 1 heterocycles. The maximum absolute atomic E-state index is 12.5. The van der Waals surface area contributed by atoms with Crippen molar-refractivity contribution in [3.63, 3.8) is 0 Å². The van der Waals surface area contributed by atoms with Crippen LogP contribution in [-0.2, 0) is 4.79 Å². The van der Waals surface area contributed by atoms with Crippen LogP contribution in [0.3, 0.4) is 0 Å². The van der Waals surface area contributed by atoms with Crippen LogP contribution in [0.4, 0.5) is 0 Å². The van der Waals surface area contributed by atoms with Crippen molar-refractivity contribution in [2.45, 2.75) is 39.7 Å². The molecular weight excluding hydrogens is 403 g/mol.